The smallest absolute Gasteiger partial charge is 0.257 e. The van der Waals surface area contributed by atoms with Crippen molar-refractivity contribution in [2.45, 2.75) is 18.4 Å². The van der Waals surface area contributed by atoms with Crippen molar-refractivity contribution in [2.24, 2.45) is 0 Å². The highest BCUT2D eigenvalue weighted by Crippen LogP contribution is 2.26. The van der Waals surface area contributed by atoms with Gasteiger partial charge in [-0.2, -0.15) is 0 Å². The molecule has 0 spiro atoms. The van der Waals surface area contributed by atoms with Gasteiger partial charge in [0, 0.05) is 44.7 Å². The molecule has 1 heterocycles. The number of carbonyl (C=O) groups excluding carboxylic acids is 1. The maximum atomic E-state index is 12.5. The van der Waals surface area contributed by atoms with E-state index in [4.69, 9.17) is 21.1 Å². The number of aliphatic hydroxyl groups is 1. The van der Waals surface area contributed by atoms with Crippen molar-refractivity contribution in [3.05, 3.63) is 28.8 Å². The van der Waals surface area contributed by atoms with Crippen molar-refractivity contribution >= 4 is 17.5 Å². The van der Waals surface area contributed by atoms with Crippen molar-refractivity contribution in [2.75, 3.05) is 33.9 Å². The van der Waals surface area contributed by atoms with Crippen molar-refractivity contribution in [3.63, 3.8) is 0 Å². The van der Waals surface area contributed by atoms with Gasteiger partial charge in [-0.25, -0.2) is 0 Å². The van der Waals surface area contributed by atoms with Crippen LogP contribution in [0.2, 0.25) is 5.02 Å². The van der Waals surface area contributed by atoms with Crippen LogP contribution in [-0.2, 0) is 4.74 Å². The summed E-state index contributed by atoms with van der Waals surface area (Å²) in [6.45, 7) is 1.30. The van der Waals surface area contributed by atoms with E-state index in [2.05, 4.69) is 0 Å². The summed E-state index contributed by atoms with van der Waals surface area (Å²) < 4.78 is 10.4. The average molecular weight is 314 g/mol. The predicted molar refractivity (Wildman–Crippen MR) is 80.0 cm³/mol. The molecular weight excluding hydrogens is 294 g/mol. The number of carbonyl (C=O) groups is 1. The molecule has 1 aromatic carbocycles. The molecule has 1 saturated heterocycles. The van der Waals surface area contributed by atoms with E-state index >= 15 is 0 Å². The Balaban J connectivity index is 2.12. The van der Waals surface area contributed by atoms with Crippen molar-refractivity contribution < 1.29 is 19.4 Å². The van der Waals surface area contributed by atoms with E-state index in [1.165, 1.54) is 12.0 Å². The van der Waals surface area contributed by atoms with Crippen LogP contribution in [0.15, 0.2) is 18.2 Å². The van der Waals surface area contributed by atoms with Crippen LogP contribution in [0.3, 0.4) is 0 Å². The summed E-state index contributed by atoms with van der Waals surface area (Å²) in [7, 11) is 3.16. The minimum Gasteiger partial charge on any atom is -0.496 e. The molecule has 6 heteroatoms. The molecule has 1 fully saturated rings. The number of rotatable bonds is 4. The number of benzene rings is 1. The van der Waals surface area contributed by atoms with Gasteiger partial charge in [-0.15, -0.1) is 0 Å². The minimum atomic E-state index is -0.887. The van der Waals surface area contributed by atoms with Crippen molar-refractivity contribution in [1.29, 1.82) is 0 Å². The zero-order valence-electron chi connectivity index (χ0n) is 12.3. The summed E-state index contributed by atoms with van der Waals surface area (Å²) in [6, 6.07) is 4.88. The summed E-state index contributed by atoms with van der Waals surface area (Å²) >= 11 is 5.90. The first-order valence-corrected chi connectivity index (χ1v) is 7.22. The number of hydrogen-bond acceptors (Lipinski definition) is 4. The Bertz CT molecular complexity index is 514. The lowest BCUT2D eigenvalue weighted by molar-refractivity contribution is -0.0734. The van der Waals surface area contributed by atoms with E-state index in [0.29, 0.717) is 42.4 Å². The number of methoxy groups -OCH3 is 1. The van der Waals surface area contributed by atoms with Crippen molar-refractivity contribution in [3.8, 4) is 5.75 Å². The number of nitrogens with zero attached hydrogens (tertiary/aromatic N) is 1. The van der Waals surface area contributed by atoms with Gasteiger partial charge >= 0.3 is 0 Å². The summed E-state index contributed by atoms with van der Waals surface area (Å²) in [6.07, 6.45) is 1.06. The number of amides is 1. The van der Waals surface area contributed by atoms with Crippen LogP contribution in [0, 0.1) is 0 Å². The Labute approximate surface area is 129 Å². The summed E-state index contributed by atoms with van der Waals surface area (Å²) in [5.74, 6) is 0.224. The minimum absolute atomic E-state index is 0.205. The molecule has 1 aliphatic rings. The molecule has 0 saturated carbocycles. The molecule has 21 heavy (non-hydrogen) atoms. The molecule has 0 unspecified atom stereocenters. The Kier molecular flexibility index (Phi) is 5.08. The molecule has 0 aliphatic carbocycles. The molecule has 1 amide bonds. The Morgan fingerprint density at radius 3 is 2.76 bits per heavy atom. The second kappa shape index (κ2) is 6.64. The van der Waals surface area contributed by atoms with Crippen LogP contribution in [0.1, 0.15) is 23.2 Å². The number of likely N-dealkylation sites (N-methyl/N-ethyl adjacent to an activating group) is 1. The van der Waals surface area contributed by atoms with E-state index in [-0.39, 0.29) is 12.5 Å². The molecule has 2 rings (SSSR count). The van der Waals surface area contributed by atoms with Crippen molar-refractivity contribution in [1.82, 2.24) is 4.90 Å². The second-order valence-corrected chi connectivity index (χ2v) is 5.78. The molecular formula is C15H20ClNO4. The predicted octanol–water partition coefficient (Wildman–Crippen LogP) is 1.96. The van der Waals surface area contributed by atoms with Gasteiger partial charge in [-0.1, -0.05) is 11.6 Å². The Morgan fingerprint density at radius 2 is 2.14 bits per heavy atom. The van der Waals surface area contributed by atoms with Gasteiger partial charge in [0.2, 0.25) is 0 Å². The third kappa shape index (κ3) is 3.87. The van der Waals surface area contributed by atoms with Gasteiger partial charge in [0.15, 0.2) is 0 Å². The molecule has 5 nitrogen and oxygen atoms in total. The molecule has 0 bridgehead atoms. The lowest BCUT2D eigenvalue weighted by atomic mass is 9.93. The Morgan fingerprint density at radius 1 is 1.48 bits per heavy atom. The summed E-state index contributed by atoms with van der Waals surface area (Å²) in [5.41, 5.74) is -0.456. The van der Waals surface area contributed by atoms with E-state index < -0.39 is 5.60 Å². The molecule has 1 aromatic rings. The highest BCUT2D eigenvalue weighted by molar-refractivity contribution is 6.30. The molecule has 1 N–H and O–H groups in total. The van der Waals surface area contributed by atoms with Gasteiger partial charge in [0.1, 0.15) is 5.75 Å². The van der Waals surface area contributed by atoms with Gasteiger partial charge < -0.3 is 19.5 Å². The zero-order chi connectivity index (χ0) is 15.5. The van der Waals surface area contributed by atoms with Gasteiger partial charge in [-0.3, -0.25) is 4.79 Å². The van der Waals surface area contributed by atoms with Crippen LogP contribution in [-0.4, -0.2) is 55.4 Å². The zero-order valence-corrected chi connectivity index (χ0v) is 13.0. The van der Waals surface area contributed by atoms with Crippen LogP contribution in [0.25, 0.3) is 0 Å². The third-order valence-corrected chi connectivity index (χ3v) is 3.93. The number of hydrogen-bond donors (Lipinski definition) is 1. The third-order valence-electron chi connectivity index (χ3n) is 3.70. The number of halogens is 1. The molecule has 116 valence electrons. The highest BCUT2D eigenvalue weighted by Gasteiger charge is 2.33. The van der Waals surface area contributed by atoms with Gasteiger partial charge in [-0.05, 0) is 18.2 Å². The first-order chi connectivity index (χ1) is 9.95. The Hall–Kier alpha value is -1.30. The fourth-order valence-corrected chi connectivity index (χ4v) is 2.63. The standard InChI is InChI=1S/C15H20ClNO4/c1-17(10-15(19)5-7-21-8-6-15)14(18)12-4-3-11(16)9-13(12)20-2/h3-4,9,19H,5-8,10H2,1-2H3. The quantitative estimate of drug-likeness (QED) is 0.923. The second-order valence-electron chi connectivity index (χ2n) is 5.34. The van der Waals surface area contributed by atoms with Gasteiger partial charge in [0.05, 0.1) is 18.3 Å². The van der Waals surface area contributed by atoms with E-state index in [0.717, 1.165) is 0 Å². The lowest BCUT2D eigenvalue weighted by Gasteiger charge is -2.35. The molecule has 0 radical (unpaired) electrons. The maximum Gasteiger partial charge on any atom is 0.257 e. The lowest BCUT2D eigenvalue weighted by Crippen LogP contribution is -2.47. The fraction of sp³-hybridized carbons (Fsp3) is 0.533. The molecule has 1 aliphatic heterocycles. The topological polar surface area (TPSA) is 59.0 Å². The van der Waals surface area contributed by atoms with Crippen LogP contribution >= 0.6 is 11.6 Å². The van der Waals surface area contributed by atoms with Gasteiger partial charge in [0.25, 0.3) is 5.91 Å². The van der Waals surface area contributed by atoms with E-state index in [9.17, 15) is 9.90 Å². The van der Waals surface area contributed by atoms with E-state index in [1.807, 2.05) is 0 Å². The fourth-order valence-electron chi connectivity index (χ4n) is 2.47. The summed E-state index contributed by atoms with van der Waals surface area (Å²) in [5, 5.41) is 11.0. The first kappa shape index (κ1) is 16.1. The monoisotopic (exact) mass is 313 g/mol. The highest BCUT2D eigenvalue weighted by atomic mass is 35.5. The maximum absolute atomic E-state index is 12.5. The van der Waals surface area contributed by atoms with Crippen LogP contribution in [0.5, 0.6) is 5.75 Å². The molecule has 0 atom stereocenters. The van der Waals surface area contributed by atoms with E-state index in [1.54, 1.807) is 25.2 Å². The van der Waals surface area contributed by atoms with Crippen LogP contribution < -0.4 is 4.74 Å². The largest absolute Gasteiger partial charge is 0.496 e. The first-order valence-electron chi connectivity index (χ1n) is 6.84. The molecule has 0 aromatic heterocycles. The normalized spacial score (nSPS) is 17.3. The summed E-state index contributed by atoms with van der Waals surface area (Å²) in [4.78, 5) is 14.0. The number of ether oxygens (including phenoxy) is 2. The average Bonchev–Trinajstić information content (AvgIpc) is 2.46. The SMILES string of the molecule is COc1cc(Cl)ccc1C(=O)N(C)CC1(O)CCOCC1. The van der Waals surface area contributed by atoms with Crippen LogP contribution in [0.4, 0.5) is 0 Å².